The van der Waals surface area contributed by atoms with Gasteiger partial charge in [-0.15, -0.1) is 0 Å². The first-order valence-corrected chi connectivity index (χ1v) is 10.0. The number of rotatable bonds is 7. The number of hydrogen-bond donors (Lipinski definition) is 1. The SMILES string of the molecule is Cc1nn(-c2ccccc2)c(Oc2ccccc2)c1CCC(=O)Nc1cccc(F)c1. The van der Waals surface area contributed by atoms with Gasteiger partial charge in [0.25, 0.3) is 0 Å². The van der Waals surface area contributed by atoms with Crippen LogP contribution in [0.3, 0.4) is 0 Å². The van der Waals surface area contributed by atoms with Gasteiger partial charge in [0, 0.05) is 17.7 Å². The van der Waals surface area contributed by atoms with Crippen molar-refractivity contribution in [2.45, 2.75) is 19.8 Å². The fourth-order valence-corrected chi connectivity index (χ4v) is 3.30. The van der Waals surface area contributed by atoms with Crippen molar-refractivity contribution in [1.82, 2.24) is 9.78 Å². The van der Waals surface area contributed by atoms with Crippen molar-refractivity contribution in [2.75, 3.05) is 5.32 Å². The zero-order valence-corrected chi connectivity index (χ0v) is 17.1. The van der Waals surface area contributed by atoms with E-state index >= 15 is 0 Å². The molecule has 4 aromatic rings. The van der Waals surface area contributed by atoms with Gasteiger partial charge in [-0.1, -0.05) is 42.5 Å². The number of nitrogens with zero attached hydrogens (tertiary/aromatic N) is 2. The molecule has 3 aromatic carbocycles. The highest BCUT2D eigenvalue weighted by molar-refractivity contribution is 5.90. The number of aryl methyl sites for hydroxylation is 1. The highest BCUT2D eigenvalue weighted by Gasteiger charge is 2.20. The van der Waals surface area contributed by atoms with Crippen LogP contribution in [0, 0.1) is 12.7 Å². The highest BCUT2D eigenvalue weighted by Crippen LogP contribution is 2.31. The van der Waals surface area contributed by atoms with Crippen LogP contribution in [-0.2, 0) is 11.2 Å². The Morgan fingerprint density at radius 2 is 1.71 bits per heavy atom. The third kappa shape index (κ3) is 4.98. The largest absolute Gasteiger partial charge is 0.439 e. The molecule has 0 saturated carbocycles. The maximum atomic E-state index is 13.4. The summed E-state index contributed by atoms with van der Waals surface area (Å²) in [6.45, 7) is 1.90. The van der Waals surface area contributed by atoms with Crippen LogP contribution >= 0.6 is 0 Å². The molecule has 6 heteroatoms. The van der Waals surface area contributed by atoms with Crippen LogP contribution in [0.4, 0.5) is 10.1 Å². The number of benzene rings is 3. The quantitative estimate of drug-likeness (QED) is 0.422. The van der Waals surface area contributed by atoms with Crippen molar-refractivity contribution in [3.05, 3.63) is 102 Å². The second-order valence-corrected chi connectivity index (χ2v) is 7.09. The minimum Gasteiger partial charge on any atom is -0.439 e. The van der Waals surface area contributed by atoms with Gasteiger partial charge in [-0.25, -0.2) is 9.07 Å². The van der Waals surface area contributed by atoms with Crippen LogP contribution in [-0.4, -0.2) is 15.7 Å². The molecular formula is C25H22FN3O2. The number of hydrogen-bond acceptors (Lipinski definition) is 3. The van der Waals surface area contributed by atoms with Crippen molar-refractivity contribution in [3.63, 3.8) is 0 Å². The second-order valence-electron chi connectivity index (χ2n) is 7.09. The smallest absolute Gasteiger partial charge is 0.226 e. The summed E-state index contributed by atoms with van der Waals surface area (Å²) in [5, 5.41) is 7.39. The number of halogens is 1. The van der Waals surface area contributed by atoms with E-state index in [4.69, 9.17) is 4.74 Å². The minimum absolute atomic E-state index is 0.205. The van der Waals surface area contributed by atoms with Gasteiger partial charge < -0.3 is 10.1 Å². The molecule has 5 nitrogen and oxygen atoms in total. The van der Waals surface area contributed by atoms with Gasteiger partial charge in [0.05, 0.1) is 11.4 Å². The number of nitrogens with one attached hydrogen (secondary N) is 1. The molecule has 156 valence electrons. The number of carbonyl (C=O) groups excluding carboxylic acids is 1. The third-order valence-electron chi connectivity index (χ3n) is 4.81. The molecule has 1 N–H and O–H groups in total. The summed E-state index contributed by atoms with van der Waals surface area (Å²) < 4.78 is 21.3. The van der Waals surface area contributed by atoms with Crippen molar-refractivity contribution >= 4 is 11.6 Å². The Hall–Kier alpha value is -3.93. The number of para-hydroxylation sites is 2. The molecule has 0 aliphatic rings. The predicted octanol–water partition coefficient (Wildman–Crippen LogP) is 5.68. The molecule has 0 aliphatic heterocycles. The standard InChI is InChI=1S/C25H22FN3O2/c1-18-23(15-16-24(30)27-20-10-8-9-19(26)17-20)25(31-22-13-6-3-7-14-22)29(28-18)21-11-4-2-5-12-21/h2-14,17H,15-16H2,1H3,(H,27,30). The van der Waals surface area contributed by atoms with Crippen molar-refractivity contribution in [3.8, 4) is 17.3 Å². The van der Waals surface area contributed by atoms with Crippen molar-refractivity contribution in [2.24, 2.45) is 0 Å². The lowest BCUT2D eigenvalue weighted by molar-refractivity contribution is -0.116. The van der Waals surface area contributed by atoms with E-state index in [1.54, 1.807) is 16.8 Å². The Labute approximate surface area is 180 Å². The normalized spacial score (nSPS) is 10.6. The summed E-state index contributed by atoms with van der Waals surface area (Å²) in [5.41, 5.74) is 2.94. The van der Waals surface area contributed by atoms with E-state index in [1.165, 1.54) is 12.1 Å². The Balaban J connectivity index is 1.59. The van der Waals surface area contributed by atoms with E-state index in [-0.39, 0.29) is 12.3 Å². The molecule has 31 heavy (non-hydrogen) atoms. The lowest BCUT2D eigenvalue weighted by Crippen LogP contribution is -2.12. The fourth-order valence-electron chi connectivity index (χ4n) is 3.30. The van der Waals surface area contributed by atoms with Crippen molar-refractivity contribution < 1.29 is 13.9 Å². The van der Waals surface area contributed by atoms with Gasteiger partial charge in [0.15, 0.2) is 0 Å². The maximum absolute atomic E-state index is 13.4. The summed E-state index contributed by atoms with van der Waals surface area (Å²) in [7, 11) is 0. The first-order valence-electron chi connectivity index (χ1n) is 10.0. The van der Waals surface area contributed by atoms with Gasteiger partial charge in [0.1, 0.15) is 11.6 Å². The van der Waals surface area contributed by atoms with Gasteiger partial charge in [0.2, 0.25) is 11.8 Å². The number of anilines is 1. The monoisotopic (exact) mass is 415 g/mol. The molecule has 0 unspecified atom stereocenters. The molecule has 1 aromatic heterocycles. The maximum Gasteiger partial charge on any atom is 0.226 e. The molecule has 0 radical (unpaired) electrons. The zero-order valence-electron chi connectivity index (χ0n) is 17.1. The molecule has 0 bridgehead atoms. The molecule has 0 saturated heterocycles. The summed E-state index contributed by atoms with van der Waals surface area (Å²) >= 11 is 0. The van der Waals surface area contributed by atoms with Crippen LogP contribution in [0.15, 0.2) is 84.9 Å². The molecule has 0 fully saturated rings. The number of ether oxygens (including phenoxy) is 1. The third-order valence-corrected chi connectivity index (χ3v) is 4.81. The van der Waals surface area contributed by atoms with Crippen LogP contribution in [0.2, 0.25) is 0 Å². The van der Waals surface area contributed by atoms with E-state index in [9.17, 15) is 9.18 Å². The predicted molar refractivity (Wildman–Crippen MR) is 118 cm³/mol. The first-order chi connectivity index (χ1) is 15.1. The van der Waals surface area contributed by atoms with Crippen molar-refractivity contribution in [1.29, 1.82) is 0 Å². The zero-order chi connectivity index (χ0) is 21.6. The molecule has 0 aliphatic carbocycles. The topological polar surface area (TPSA) is 56.2 Å². The van der Waals surface area contributed by atoms with Gasteiger partial charge in [-0.2, -0.15) is 5.10 Å². The average Bonchev–Trinajstić information content (AvgIpc) is 3.08. The number of carbonyl (C=O) groups is 1. The Kier molecular flexibility index (Phi) is 6.08. The molecule has 1 heterocycles. The first kappa shape index (κ1) is 20.3. The summed E-state index contributed by atoms with van der Waals surface area (Å²) in [6, 6.07) is 25.0. The summed E-state index contributed by atoms with van der Waals surface area (Å²) in [5.74, 6) is 0.665. The summed E-state index contributed by atoms with van der Waals surface area (Å²) in [4.78, 5) is 12.5. The lowest BCUT2D eigenvalue weighted by Gasteiger charge is -2.11. The molecule has 1 amide bonds. The Morgan fingerprint density at radius 3 is 2.42 bits per heavy atom. The summed E-state index contributed by atoms with van der Waals surface area (Å²) in [6.07, 6.45) is 0.644. The second kappa shape index (κ2) is 9.26. The molecule has 0 spiro atoms. The van der Waals surface area contributed by atoms with Crippen LogP contribution in [0.1, 0.15) is 17.7 Å². The number of amides is 1. The van der Waals surface area contributed by atoms with Gasteiger partial charge in [-0.3, -0.25) is 4.79 Å². The Morgan fingerprint density at radius 1 is 1.00 bits per heavy atom. The van der Waals surface area contributed by atoms with Crippen LogP contribution in [0.25, 0.3) is 5.69 Å². The molecule has 4 rings (SSSR count). The van der Waals surface area contributed by atoms with Crippen LogP contribution in [0.5, 0.6) is 11.6 Å². The molecule has 0 atom stereocenters. The van der Waals surface area contributed by atoms with E-state index < -0.39 is 5.82 Å². The lowest BCUT2D eigenvalue weighted by atomic mass is 10.1. The van der Waals surface area contributed by atoms with Gasteiger partial charge in [-0.05, 0) is 55.8 Å². The van der Waals surface area contributed by atoms with E-state index in [0.29, 0.717) is 23.7 Å². The highest BCUT2D eigenvalue weighted by atomic mass is 19.1. The Bertz CT molecular complexity index is 1170. The van der Waals surface area contributed by atoms with Gasteiger partial charge >= 0.3 is 0 Å². The average molecular weight is 415 g/mol. The molecular weight excluding hydrogens is 393 g/mol. The van der Waals surface area contributed by atoms with Crippen LogP contribution < -0.4 is 10.1 Å². The minimum atomic E-state index is -0.392. The number of aromatic nitrogens is 2. The van der Waals surface area contributed by atoms with E-state index in [1.807, 2.05) is 67.6 Å². The van der Waals surface area contributed by atoms with E-state index in [0.717, 1.165) is 16.9 Å². The van der Waals surface area contributed by atoms with E-state index in [2.05, 4.69) is 10.4 Å². The fraction of sp³-hybridized carbons (Fsp3) is 0.120.